The highest BCUT2D eigenvalue weighted by molar-refractivity contribution is 5.94. The number of fused-ring (bicyclic) bond motifs is 4. The molecule has 0 bridgehead atoms. The number of carbonyl (C=O) groups is 2. The Morgan fingerprint density at radius 1 is 1.15 bits per heavy atom. The molecule has 0 radical (unpaired) electrons. The highest BCUT2D eigenvalue weighted by atomic mass is 16.3. The molecule has 0 aromatic heterocycles. The number of hydrogen-bond donors (Lipinski definition) is 2. The first-order valence-electron chi connectivity index (χ1n) is 12.4. The summed E-state index contributed by atoms with van der Waals surface area (Å²) in [5.41, 5.74) is 4.66. The monoisotopic (exact) mass is 446 g/mol. The number of hydrogen-bond acceptors (Lipinski definition) is 4. The molecule has 1 aromatic rings. The predicted molar refractivity (Wildman–Crippen MR) is 128 cm³/mol. The van der Waals surface area contributed by atoms with Crippen molar-refractivity contribution in [2.45, 2.75) is 70.3 Å². The molecule has 0 aliphatic heterocycles. The first-order chi connectivity index (χ1) is 15.8. The topological polar surface area (TPSA) is 74.6 Å². The lowest BCUT2D eigenvalue weighted by Crippen LogP contribution is -2.52. The van der Waals surface area contributed by atoms with Crippen molar-refractivity contribution >= 4 is 11.6 Å². The van der Waals surface area contributed by atoms with Gasteiger partial charge in [0.25, 0.3) is 0 Å². The van der Waals surface area contributed by atoms with Gasteiger partial charge in [0.1, 0.15) is 0 Å². The summed E-state index contributed by atoms with van der Waals surface area (Å²) in [4.78, 5) is 24.0. The number of allylic oxidation sites excluding steroid dienone is 5. The lowest BCUT2D eigenvalue weighted by Gasteiger charge is -2.55. The Kier molecular flexibility index (Phi) is 5.57. The van der Waals surface area contributed by atoms with Crippen molar-refractivity contribution in [3.05, 3.63) is 70.3 Å². The van der Waals surface area contributed by atoms with Crippen LogP contribution >= 0.6 is 0 Å². The normalized spacial score (nSPS) is 35.1. The smallest absolute Gasteiger partial charge is 0.159 e. The molecule has 4 heteroatoms. The van der Waals surface area contributed by atoms with E-state index in [1.807, 2.05) is 24.3 Å². The number of carbonyl (C=O) groups excluding carboxylic acids is 2. The summed E-state index contributed by atoms with van der Waals surface area (Å²) in [6.07, 6.45) is 11.3. The van der Waals surface area contributed by atoms with Crippen LogP contribution in [0, 0.1) is 17.3 Å². The second-order valence-electron chi connectivity index (χ2n) is 10.7. The summed E-state index contributed by atoms with van der Waals surface area (Å²) in [6.45, 7) is 3.89. The van der Waals surface area contributed by atoms with Gasteiger partial charge in [-0.1, -0.05) is 48.9 Å². The molecule has 4 aliphatic rings. The minimum Gasteiger partial charge on any atom is -0.396 e. The highest BCUT2D eigenvalue weighted by Crippen LogP contribution is 2.65. The Morgan fingerprint density at radius 3 is 2.61 bits per heavy atom. The third-order valence-corrected chi connectivity index (χ3v) is 8.99. The van der Waals surface area contributed by atoms with Crippen molar-refractivity contribution in [1.82, 2.24) is 0 Å². The minimum absolute atomic E-state index is 0.0594. The molecule has 0 amide bonds. The molecule has 2 N–H and O–H groups in total. The number of benzene rings is 1. The average molecular weight is 447 g/mol. The summed E-state index contributed by atoms with van der Waals surface area (Å²) < 4.78 is 0. The quantitative estimate of drug-likeness (QED) is 0.489. The van der Waals surface area contributed by atoms with Crippen molar-refractivity contribution in [2.24, 2.45) is 17.3 Å². The van der Waals surface area contributed by atoms with Gasteiger partial charge in [-0.3, -0.25) is 9.59 Å². The average Bonchev–Trinajstić information content (AvgIpc) is 3.07. The summed E-state index contributed by atoms with van der Waals surface area (Å²) in [5.74, 6) is 1.01. The highest BCUT2D eigenvalue weighted by Gasteiger charge is 2.60. The van der Waals surface area contributed by atoms with Gasteiger partial charge in [-0.25, -0.2) is 0 Å². The van der Waals surface area contributed by atoms with E-state index in [4.69, 9.17) is 0 Å². The second kappa shape index (κ2) is 8.18. The van der Waals surface area contributed by atoms with Crippen LogP contribution in [0.4, 0.5) is 0 Å². The maximum absolute atomic E-state index is 12.2. The number of ketones is 2. The van der Waals surface area contributed by atoms with E-state index >= 15 is 0 Å². The lowest BCUT2D eigenvalue weighted by atomic mass is 9.50. The minimum atomic E-state index is -0.938. The van der Waals surface area contributed by atoms with Crippen LogP contribution in [0.1, 0.15) is 80.6 Å². The van der Waals surface area contributed by atoms with Gasteiger partial charge >= 0.3 is 0 Å². The summed E-state index contributed by atoms with van der Waals surface area (Å²) >= 11 is 0. The zero-order valence-corrected chi connectivity index (χ0v) is 19.6. The number of aliphatic hydroxyl groups is 2. The van der Waals surface area contributed by atoms with Crippen LogP contribution in [0.5, 0.6) is 0 Å². The van der Waals surface area contributed by atoms with E-state index in [0.29, 0.717) is 30.7 Å². The van der Waals surface area contributed by atoms with Crippen molar-refractivity contribution in [3.63, 3.8) is 0 Å². The Bertz CT molecular complexity index is 1080. The van der Waals surface area contributed by atoms with E-state index in [1.54, 1.807) is 6.92 Å². The molecule has 33 heavy (non-hydrogen) atoms. The van der Waals surface area contributed by atoms with E-state index in [0.717, 1.165) is 25.7 Å². The first kappa shape index (κ1) is 22.5. The largest absolute Gasteiger partial charge is 0.396 e. The number of rotatable bonds is 5. The molecular formula is C29H34O4. The van der Waals surface area contributed by atoms with Gasteiger partial charge in [-0.2, -0.15) is 0 Å². The molecule has 4 nitrogen and oxygen atoms in total. The van der Waals surface area contributed by atoms with E-state index < -0.39 is 5.60 Å². The van der Waals surface area contributed by atoms with Crippen LogP contribution in [0.2, 0.25) is 0 Å². The predicted octanol–water partition coefficient (Wildman–Crippen LogP) is 5.07. The molecule has 5 atom stereocenters. The van der Waals surface area contributed by atoms with Gasteiger partial charge in [0.15, 0.2) is 11.6 Å². The van der Waals surface area contributed by atoms with Crippen molar-refractivity contribution in [2.75, 3.05) is 6.61 Å². The first-order valence-corrected chi connectivity index (χ1v) is 12.4. The third-order valence-electron chi connectivity index (χ3n) is 8.99. The summed E-state index contributed by atoms with van der Waals surface area (Å²) in [6, 6.07) is 8.00. The fraction of sp³-hybridized carbons (Fsp3) is 0.517. The van der Waals surface area contributed by atoms with E-state index in [2.05, 4.69) is 25.1 Å². The molecule has 4 aliphatic carbocycles. The fourth-order valence-electron chi connectivity index (χ4n) is 7.19. The summed E-state index contributed by atoms with van der Waals surface area (Å²) in [7, 11) is 0. The van der Waals surface area contributed by atoms with Crippen molar-refractivity contribution < 1.29 is 19.8 Å². The Balaban J connectivity index is 1.64. The standard InChI is InChI=1S/C29H34O4/c1-18(31)19-4-6-20(7-5-19)25-17-28(2)26(12-14-29(28,33)13-3-15-30)24-10-8-21-16-22(32)9-11-23(21)27(24)25/h4-7,12,14,16,24-26,30,33H,3,8-11,13,15,17H2,1-2H3/t24-,25+,26-,28-,29-/m0/s1. The molecular weight excluding hydrogens is 412 g/mol. The number of Topliss-reactive ketones (excluding diaryl/α,β-unsaturated/α-hetero) is 1. The van der Waals surface area contributed by atoms with Crippen LogP contribution in [-0.4, -0.2) is 34.0 Å². The zero-order valence-electron chi connectivity index (χ0n) is 19.6. The van der Waals surface area contributed by atoms with Crippen LogP contribution in [0.25, 0.3) is 0 Å². The second-order valence-corrected chi connectivity index (χ2v) is 10.7. The number of aliphatic hydroxyl groups excluding tert-OH is 1. The third kappa shape index (κ3) is 3.50. The van der Waals surface area contributed by atoms with Gasteiger partial charge in [-0.05, 0) is 80.1 Å². The lowest BCUT2D eigenvalue weighted by molar-refractivity contribution is -0.114. The molecule has 0 unspecified atom stereocenters. The van der Waals surface area contributed by atoms with Crippen molar-refractivity contribution in [1.29, 1.82) is 0 Å². The van der Waals surface area contributed by atoms with E-state index in [-0.39, 0.29) is 35.4 Å². The molecule has 1 aromatic carbocycles. The molecule has 0 saturated heterocycles. The van der Waals surface area contributed by atoms with Gasteiger partial charge in [0.05, 0.1) is 5.60 Å². The van der Waals surface area contributed by atoms with Crippen LogP contribution in [0.3, 0.4) is 0 Å². The van der Waals surface area contributed by atoms with Gasteiger partial charge in [-0.15, -0.1) is 0 Å². The molecule has 5 rings (SSSR count). The Morgan fingerprint density at radius 2 is 1.91 bits per heavy atom. The Hall–Kier alpha value is -2.30. The molecule has 1 fully saturated rings. The van der Waals surface area contributed by atoms with E-state index in [1.165, 1.54) is 22.3 Å². The maximum Gasteiger partial charge on any atom is 0.159 e. The molecule has 0 heterocycles. The fourth-order valence-corrected chi connectivity index (χ4v) is 7.19. The van der Waals surface area contributed by atoms with Crippen LogP contribution < -0.4 is 0 Å². The SMILES string of the molecule is CC(=O)c1ccc([C@H]2C[C@@]3(C)[C@@H](C=C[C@@]3(O)CCCO)[C@@H]3CCC4=CC(=O)CCC4=C32)cc1. The molecule has 0 spiro atoms. The van der Waals surface area contributed by atoms with E-state index in [9.17, 15) is 19.8 Å². The maximum atomic E-state index is 12.2. The van der Waals surface area contributed by atoms with Gasteiger partial charge < -0.3 is 10.2 Å². The zero-order chi connectivity index (χ0) is 23.4. The molecule has 174 valence electrons. The summed E-state index contributed by atoms with van der Waals surface area (Å²) in [5, 5.41) is 21.3. The van der Waals surface area contributed by atoms with Crippen molar-refractivity contribution in [3.8, 4) is 0 Å². The molecule has 1 saturated carbocycles. The van der Waals surface area contributed by atoms with Crippen LogP contribution in [-0.2, 0) is 4.79 Å². The van der Waals surface area contributed by atoms with Gasteiger partial charge in [0.2, 0.25) is 0 Å². The Labute approximate surface area is 196 Å². The van der Waals surface area contributed by atoms with Crippen LogP contribution in [0.15, 0.2) is 59.2 Å². The van der Waals surface area contributed by atoms with Gasteiger partial charge in [0, 0.05) is 29.9 Å².